The van der Waals surface area contributed by atoms with Crippen LogP contribution < -0.4 is 15.8 Å². The molecule has 0 saturated carbocycles. The van der Waals surface area contributed by atoms with Crippen molar-refractivity contribution in [3.05, 3.63) is 65.7 Å². The van der Waals surface area contributed by atoms with Gasteiger partial charge in [-0.25, -0.2) is 0 Å². The van der Waals surface area contributed by atoms with Crippen molar-refractivity contribution in [2.75, 3.05) is 20.2 Å². The van der Waals surface area contributed by atoms with Crippen LogP contribution in [0.5, 0.6) is 5.75 Å². The molecule has 2 aliphatic heterocycles. The number of aliphatic imine (C=N–C) groups is 1. The lowest BCUT2D eigenvalue weighted by molar-refractivity contribution is -0.127. The van der Waals surface area contributed by atoms with Gasteiger partial charge in [0, 0.05) is 37.9 Å². The van der Waals surface area contributed by atoms with Crippen molar-refractivity contribution in [2.45, 2.75) is 24.9 Å². The fraction of sp³-hybridized carbons (Fsp3) is 0.364. The minimum atomic E-state index is 0.0362. The number of nitrogens with two attached hydrogens (primary N) is 1. The molecule has 6 heteroatoms. The number of likely N-dealkylation sites (tertiary alicyclic amines) is 1. The van der Waals surface area contributed by atoms with Gasteiger partial charge < -0.3 is 20.7 Å². The van der Waals surface area contributed by atoms with Gasteiger partial charge in [-0.05, 0) is 11.6 Å². The Labute approximate surface area is 165 Å². The number of ether oxygens (including phenoxy) is 1. The van der Waals surface area contributed by atoms with Crippen LogP contribution >= 0.6 is 0 Å². The molecule has 2 heterocycles. The molecule has 6 nitrogen and oxygen atoms in total. The molecule has 1 unspecified atom stereocenters. The van der Waals surface area contributed by atoms with Gasteiger partial charge in [-0.15, -0.1) is 0 Å². The van der Waals surface area contributed by atoms with E-state index < -0.39 is 0 Å². The molecular formula is C22H26N4O2. The first kappa shape index (κ1) is 18.3. The zero-order chi connectivity index (χ0) is 19.5. The summed E-state index contributed by atoms with van der Waals surface area (Å²) in [6, 6.07) is 18.2. The fourth-order valence-corrected chi connectivity index (χ4v) is 4.19. The first-order chi connectivity index (χ1) is 13.6. The second-order valence-corrected chi connectivity index (χ2v) is 7.42. The van der Waals surface area contributed by atoms with Crippen LogP contribution in [0.1, 0.15) is 36.1 Å². The maximum Gasteiger partial charge on any atom is 0.223 e. The topological polar surface area (TPSA) is 80.0 Å². The summed E-state index contributed by atoms with van der Waals surface area (Å²) in [5.74, 6) is 1.57. The van der Waals surface area contributed by atoms with Gasteiger partial charge in [-0.2, -0.15) is 0 Å². The molecule has 0 aromatic heterocycles. The van der Waals surface area contributed by atoms with E-state index in [1.807, 2.05) is 48.3 Å². The number of hydrogen-bond donors (Lipinski definition) is 2. The summed E-state index contributed by atoms with van der Waals surface area (Å²) in [5.41, 5.74) is 8.43. The van der Waals surface area contributed by atoms with Crippen LogP contribution in [0.2, 0.25) is 0 Å². The van der Waals surface area contributed by atoms with Gasteiger partial charge in [-0.3, -0.25) is 9.79 Å². The summed E-state index contributed by atoms with van der Waals surface area (Å²) in [7, 11) is 1.87. The summed E-state index contributed by atoms with van der Waals surface area (Å²) < 4.78 is 5.70. The van der Waals surface area contributed by atoms with E-state index in [4.69, 9.17) is 10.5 Å². The number of carbonyl (C=O) groups excluding carboxylic acids is 1. The SMILES string of the molecule is CN1C(=O)C[C@@H](CN=C(N)NC2CCOc3ccccc32)[C@@H]1c1ccccc1. The molecule has 28 heavy (non-hydrogen) atoms. The summed E-state index contributed by atoms with van der Waals surface area (Å²) >= 11 is 0. The normalized spacial score (nSPS) is 24.6. The van der Waals surface area contributed by atoms with Crippen molar-refractivity contribution in [1.29, 1.82) is 0 Å². The van der Waals surface area contributed by atoms with Crippen LogP contribution in [0.4, 0.5) is 0 Å². The second kappa shape index (κ2) is 7.92. The van der Waals surface area contributed by atoms with Gasteiger partial charge in [0.1, 0.15) is 5.75 Å². The van der Waals surface area contributed by atoms with E-state index in [0.29, 0.717) is 25.5 Å². The third kappa shape index (κ3) is 3.67. The number of para-hydroxylation sites is 1. The average Bonchev–Trinajstić information content (AvgIpc) is 3.01. The molecule has 0 radical (unpaired) electrons. The summed E-state index contributed by atoms with van der Waals surface area (Å²) in [6.07, 6.45) is 1.33. The number of fused-ring (bicyclic) bond motifs is 1. The number of hydrogen-bond acceptors (Lipinski definition) is 3. The molecule has 146 valence electrons. The zero-order valence-corrected chi connectivity index (χ0v) is 16.0. The Bertz CT molecular complexity index is 868. The third-order valence-electron chi connectivity index (χ3n) is 5.61. The Balaban J connectivity index is 1.45. The number of amides is 1. The smallest absolute Gasteiger partial charge is 0.223 e. The number of carbonyl (C=O) groups is 1. The Kier molecular flexibility index (Phi) is 5.19. The lowest BCUT2D eigenvalue weighted by Gasteiger charge is -2.27. The zero-order valence-electron chi connectivity index (χ0n) is 16.0. The first-order valence-corrected chi connectivity index (χ1v) is 9.72. The van der Waals surface area contributed by atoms with E-state index in [2.05, 4.69) is 28.5 Å². The van der Waals surface area contributed by atoms with Gasteiger partial charge in [0.25, 0.3) is 0 Å². The molecule has 1 saturated heterocycles. The Hall–Kier alpha value is -3.02. The molecule has 0 bridgehead atoms. The Morgan fingerprint density at radius 3 is 2.79 bits per heavy atom. The minimum Gasteiger partial charge on any atom is -0.493 e. The Morgan fingerprint density at radius 1 is 1.21 bits per heavy atom. The highest BCUT2D eigenvalue weighted by molar-refractivity contribution is 5.80. The number of nitrogens with one attached hydrogen (secondary N) is 1. The van der Waals surface area contributed by atoms with Crippen LogP contribution in [-0.2, 0) is 4.79 Å². The monoisotopic (exact) mass is 378 g/mol. The summed E-state index contributed by atoms with van der Waals surface area (Å²) in [6.45, 7) is 1.17. The first-order valence-electron chi connectivity index (χ1n) is 9.72. The number of rotatable bonds is 4. The van der Waals surface area contributed by atoms with Crippen molar-refractivity contribution in [3.63, 3.8) is 0 Å². The predicted molar refractivity (Wildman–Crippen MR) is 109 cm³/mol. The standard InChI is InChI=1S/C22H26N4O2/c1-26-20(27)13-16(21(26)15-7-3-2-4-8-15)14-24-22(23)25-18-11-12-28-19-10-6-5-9-17(18)19/h2-10,16,18,21H,11-14H2,1H3,(H3,23,24,25)/t16-,18?,21-/m0/s1. The van der Waals surface area contributed by atoms with Crippen molar-refractivity contribution in [2.24, 2.45) is 16.6 Å². The van der Waals surface area contributed by atoms with Crippen LogP contribution in [0.25, 0.3) is 0 Å². The van der Waals surface area contributed by atoms with Crippen LogP contribution in [0.3, 0.4) is 0 Å². The lowest BCUT2D eigenvalue weighted by Crippen LogP contribution is -2.37. The van der Waals surface area contributed by atoms with Gasteiger partial charge >= 0.3 is 0 Å². The molecule has 0 spiro atoms. The lowest BCUT2D eigenvalue weighted by atomic mass is 9.94. The third-order valence-corrected chi connectivity index (χ3v) is 5.61. The van der Waals surface area contributed by atoms with Crippen LogP contribution in [0, 0.1) is 5.92 Å². The average molecular weight is 378 g/mol. The molecule has 0 aliphatic carbocycles. The van der Waals surface area contributed by atoms with Crippen molar-refractivity contribution in [3.8, 4) is 5.75 Å². The molecule has 3 N–H and O–H groups in total. The van der Waals surface area contributed by atoms with Crippen LogP contribution in [-0.4, -0.2) is 37.0 Å². The number of benzene rings is 2. The molecular weight excluding hydrogens is 352 g/mol. The van der Waals surface area contributed by atoms with Gasteiger partial charge in [0.05, 0.1) is 18.7 Å². The minimum absolute atomic E-state index is 0.0362. The van der Waals surface area contributed by atoms with E-state index in [9.17, 15) is 4.79 Å². The van der Waals surface area contributed by atoms with E-state index in [-0.39, 0.29) is 23.9 Å². The van der Waals surface area contributed by atoms with Crippen molar-refractivity contribution >= 4 is 11.9 Å². The largest absolute Gasteiger partial charge is 0.493 e. The van der Waals surface area contributed by atoms with Gasteiger partial charge in [0.15, 0.2) is 5.96 Å². The maximum atomic E-state index is 12.3. The predicted octanol–water partition coefficient (Wildman–Crippen LogP) is 2.63. The Morgan fingerprint density at radius 2 is 1.96 bits per heavy atom. The van der Waals surface area contributed by atoms with Crippen LogP contribution in [0.15, 0.2) is 59.6 Å². The highest BCUT2D eigenvalue weighted by atomic mass is 16.5. The molecule has 2 aromatic rings. The van der Waals surface area contributed by atoms with E-state index >= 15 is 0 Å². The molecule has 4 rings (SSSR count). The number of nitrogens with zero attached hydrogens (tertiary/aromatic N) is 2. The fourth-order valence-electron chi connectivity index (χ4n) is 4.19. The van der Waals surface area contributed by atoms with Crippen molar-refractivity contribution in [1.82, 2.24) is 10.2 Å². The van der Waals surface area contributed by atoms with E-state index in [0.717, 1.165) is 23.3 Å². The molecule has 3 atom stereocenters. The van der Waals surface area contributed by atoms with Crippen molar-refractivity contribution < 1.29 is 9.53 Å². The highest BCUT2D eigenvalue weighted by Gasteiger charge is 2.38. The maximum absolute atomic E-state index is 12.3. The molecule has 1 fully saturated rings. The quantitative estimate of drug-likeness (QED) is 0.633. The molecule has 2 aliphatic rings. The molecule has 1 amide bonds. The van der Waals surface area contributed by atoms with Gasteiger partial charge in [0.2, 0.25) is 5.91 Å². The second-order valence-electron chi connectivity index (χ2n) is 7.42. The van der Waals surface area contributed by atoms with E-state index in [1.54, 1.807) is 0 Å². The molecule has 2 aromatic carbocycles. The highest BCUT2D eigenvalue weighted by Crippen LogP contribution is 2.37. The van der Waals surface area contributed by atoms with E-state index in [1.165, 1.54) is 0 Å². The number of guanidine groups is 1. The summed E-state index contributed by atoms with van der Waals surface area (Å²) in [5, 5.41) is 3.33. The summed E-state index contributed by atoms with van der Waals surface area (Å²) in [4.78, 5) is 18.7. The van der Waals surface area contributed by atoms with Gasteiger partial charge in [-0.1, -0.05) is 48.5 Å².